The maximum Gasteiger partial charge on any atom is 0.240 e. The van der Waals surface area contributed by atoms with Crippen molar-refractivity contribution in [3.63, 3.8) is 0 Å². The van der Waals surface area contributed by atoms with Gasteiger partial charge in [0.2, 0.25) is 5.91 Å². The summed E-state index contributed by atoms with van der Waals surface area (Å²) in [6, 6.07) is 5.57. The van der Waals surface area contributed by atoms with Gasteiger partial charge in [-0.05, 0) is 25.0 Å². The van der Waals surface area contributed by atoms with Crippen LogP contribution in [0.1, 0.15) is 12.8 Å². The molecule has 1 aliphatic heterocycles. The molecule has 3 rings (SSSR count). The number of hydrogen-bond donors (Lipinski definition) is 2. The van der Waals surface area contributed by atoms with Crippen LogP contribution in [0.3, 0.4) is 0 Å². The van der Waals surface area contributed by atoms with Gasteiger partial charge < -0.3 is 16.4 Å². The number of amides is 1. The number of fused-ring (bicyclic) bond motifs is 1. The number of pyridine rings is 1. The fourth-order valence-corrected chi connectivity index (χ4v) is 2.78. The third kappa shape index (κ3) is 1.87. The first-order valence-corrected chi connectivity index (χ1v) is 6.36. The highest BCUT2D eigenvalue weighted by atomic mass is 16.1. The highest BCUT2D eigenvalue weighted by molar-refractivity contribution is 5.99. The lowest BCUT2D eigenvalue weighted by atomic mass is 10.1. The number of primary amides is 1. The smallest absolute Gasteiger partial charge is 0.240 e. The minimum Gasteiger partial charge on any atom is -0.397 e. The molecule has 1 aromatic carbocycles. The van der Waals surface area contributed by atoms with E-state index in [0.29, 0.717) is 5.69 Å². The van der Waals surface area contributed by atoms with Crippen molar-refractivity contribution in [2.24, 2.45) is 5.73 Å². The Labute approximate surface area is 111 Å². The number of benzene rings is 1. The van der Waals surface area contributed by atoms with Crippen LogP contribution in [0.25, 0.3) is 10.8 Å². The van der Waals surface area contributed by atoms with Crippen molar-refractivity contribution >= 4 is 28.1 Å². The zero-order valence-electron chi connectivity index (χ0n) is 10.5. The molecule has 0 spiro atoms. The maximum atomic E-state index is 11.5. The molecule has 5 heteroatoms. The monoisotopic (exact) mass is 256 g/mol. The zero-order valence-corrected chi connectivity index (χ0v) is 10.5. The average molecular weight is 256 g/mol. The highest BCUT2D eigenvalue weighted by Gasteiger charge is 2.30. The molecule has 1 aliphatic rings. The first kappa shape index (κ1) is 11.8. The molecule has 98 valence electrons. The molecule has 4 N–H and O–H groups in total. The highest BCUT2D eigenvalue weighted by Crippen LogP contribution is 2.34. The van der Waals surface area contributed by atoms with Crippen LogP contribution in [0.5, 0.6) is 0 Å². The Morgan fingerprint density at radius 1 is 1.37 bits per heavy atom. The number of nitrogens with zero attached hydrogens (tertiary/aromatic N) is 2. The predicted octanol–water partition coefficient (Wildman–Crippen LogP) is 1.27. The average Bonchev–Trinajstić information content (AvgIpc) is 2.89. The van der Waals surface area contributed by atoms with Crippen molar-refractivity contribution in [2.45, 2.75) is 18.9 Å². The van der Waals surface area contributed by atoms with Crippen molar-refractivity contribution < 1.29 is 4.79 Å². The molecule has 1 fully saturated rings. The van der Waals surface area contributed by atoms with Gasteiger partial charge in [-0.1, -0.05) is 6.07 Å². The summed E-state index contributed by atoms with van der Waals surface area (Å²) in [5.41, 5.74) is 13.3. The number of carbonyl (C=O) groups excluding carboxylic acids is 1. The summed E-state index contributed by atoms with van der Waals surface area (Å²) in [6.07, 6.45) is 5.26. The van der Waals surface area contributed by atoms with Crippen molar-refractivity contribution in [1.29, 1.82) is 0 Å². The van der Waals surface area contributed by atoms with Crippen LogP contribution in [0.15, 0.2) is 30.6 Å². The second-order valence-electron chi connectivity index (χ2n) is 4.85. The number of rotatable bonds is 2. The van der Waals surface area contributed by atoms with Gasteiger partial charge in [0.1, 0.15) is 6.04 Å². The van der Waals surface area contributed by atoms with Crippen LogP contribution in [0.2, 0.25) is 0 Å². The molecule has 0 saturated carbocycles. The molecule has 5 nitrogen and oxygen atoms in total. The Kier molecular flexibility index (Phi) is 2.74. The molecule has 2 aromatic rings. The Hall–Kier alpha value is -2.30. The summed E-state index contributed by atoms with van der Waals surface area (Å²) in [5, 5.41) is 1.96. The fraction of sp³-hybridized carbons (Fsp3) is 0.286. The molecule has 1 amide bonds. The molecule has 19 heavy (non-hydrogen) atoms. The van der Waals surface area contributed by atoms with Gasteiger partial charge in [-0.25, -0.2) is 0 Å². The number of anilines is 2. The van der Waals surface area contributed by atoms with Gasteiger partial charge in [0.05, 0.1) is 11.4 Å². The predicted molar refractivity (Wildman–Crippen MR) is 75.7 cm³/mol. The van der Waals surface area contributed by atoms with Gasteiger partial charge in [-0.3, -0.25) is 9.78 Å². The topological polar surface area (TPSA) is 85.2 Å². The van der Waals surface area contributed by atoms with E-state index < -0.39 is 0 Å². The van der Waals surface area contributed by atoms with E-state index in [2.05, 4.69) is 4.98 Å². The van der Waals surface area contributed by atoms with Crippen LogP contribution in [0, 0.1) is 0 Å². The van der Waals surface area contributed by atoms with Gasteiger partial charge in [0, 0.05) is 29.7 Å². The SMILES string of the molecule is NC(=O)C1CCCN1c1ccc2cnccc2c1N. The fourth-order valence-electron chi connectivity index (χ4n) is 2.78. The van der Waals surface area contributed by atoms with Gasteiger partial charge in [-0.15, -0.1) is 0 Å². The van der Waals surface area contributed by atoms with E-state index in [9.17, 15) is 4.79 Å². The van der Waals surface area contributed by atoms with Crippen LogP contribution in [-0.2, 0) is 4.79 Å². The minimum atomic E-state index is -0.285. The van der Waals surface area contributed by atoms with Crippen LogP contribution < -0.4 is 16.4 Å². The van der Waals surface area contributed by atoms with Gasteiger partial charge in [-0.2, -0.15) is 0 Å². The van der Waals surface area contributed by atoms with E-state index in [1.165, 1.54) is 0 Å². The van der Waals surface area contributed by atoms with E-state index in [1.807, 2.05) is 23.1 Å². The lowest BCUT2D eigenvalue weighted by Gasteiger charge is -2.26. The van der Waals surface area contributed by atoms with Crippen LogP contribution >= 0.6 is 0 Å². The summed E-state index contributed by atoms with van der Waals surface area (Å²) >= 11 is 0. The Bertz CT molecular complexity index is 640. The zero-order chi connectivity index (χ0) is 13.4. The summed E-state index contributed by atoms with van der Waals surface area (Å²) in [5.74, 6) is -0.285. The van der Waals surface area contributed by atoms with Crippen molar-refractivity contribution in [2.75, 3.05) is 17.2 Å². The van der Waals surface area contributed by atoms with Crippen molar-refractivity contribution in [3.05, 3.63) is 30.6 Å². The lowest BCUT2D eigenvalue weighted by molar-refractivity contribution is -0.119. The Morgan fingerprint density at radius 3 is 3.00 bits per heavy atom. The number of aromatic nitrogens is 1. The van der Waals surface area contributed by atoms with Crippen LogP contribution in [-0.4, -0.2) is 23.5 Å². The van der Waals surface area contributed by atoms with E-state index >= 15 is 0 Å². The molecule has 1 atom stereocenters. The Morgan fingerprint density at radius 2 is 2.21 bits per heavy atom. The first-order chi connectivity index (χ1) is 9.18. The minimum absolute atomic E-state index is 0.249. The maximum absolute atomic E-state index is 11.5. The molecule has 2 heterocycles. The molecule has 1 saturated heterocycles. The van der Waals surface area contributed by atoms with Gasteiger partial charge in [0.15, 0.2) is 0 Å². The molecule has 0 bridgehead atoms. The van der Waals surface area contributed by atoms with E-state index in [0.717, 1.165) is 35.8 Å². The third-order valence-electron chi connectivity index (χ3n) is 3.73. The molecular weight excluding hydrogens is 240 g/mol. The van der Waals surface area contributed by atoms with E-state index in [-0.39, 0.29) is 11.9 Å². The summed E-state index contributed by atoms with van der Waals surface area (Å²) < 4.78 is 0. The second-order valence-corrected chi connectivity index (χ2v) is 4.85. The van der Waals surface area contributed by atoms with Crippen molar-refractivity contribution in [1.82, 2.24) is 4.98 Å². The molecular formula is C14H16N4O. The summed E-state index contributed by atoms with van der Waals surface area (Å²) in [4.78, 5) is 17.6. The standard InChI is InChI=1S/C14H16N4O/c15-13-10-5-6-17-8-9(10)3-4-11(13)18-7-1-2-12(18)14(16)19/h3-6,8,12H,1-2,7,15H2,(H2,16,19). The largest absolute Gasteiger partial charge is 0.397 e. The van der Waals surface area contributed by atoms with Crippen molar-refractivity contribution in [3.8, 4) is 0 Å². The van der Waals surface area contributed by atoms with Gasteiger partial charge in [0.25, 0.3) is 0 Å². The van der Waals surface area contributed by atoms with Crippen LogP contribution in [0.4, 0.5) is 11.4 Å². The number of nitrogens with two attached hydrogens (primary N) is 2. The summed E-state index contributed by atoms with van der Waals surface area (Å²) in [6.45, 7) is 0.814. The van der Waals surface area contributed by atoms with E-state index in [4.69, 9.17) is 11.5 Å². The quantitative estimate of drug-likeness (QED) is 0.792. The first-order valence-electron chi connectivity index (χ1n) is 6.36. The molecule has 1 aromatic heterocycles. The third-order valence-corrected chi connectivity index (χ3v) is 3.73. The normalized spacial score (nSPS) is 18.9. The lowest BCUT2D eigenvalue weighted by Crippen LogP contribution is -2.40. The number of hydrogen-bond acceptors (Lipinski definition) is 4. The Balaban J connectivity index is 2.10. The van der Waals surface area contributed by atoms with Gasteiger partial charge >= 0.3 is 0 Å². The molecule has 1 unspecified atom stereocenters. The molecule has 0 aliphatic carbocycles. The molecule has 0 radical (unpaired) electrons. The summed E-state index contributed by atoms with van der Waals surface area (Å²) in [7, 11) is 0. The number of carbonyl (C=O) groups is 1. The second kappa shape index (κ2) is 4.42. The number of nitrogen functional groups attached to an aromatic ring is 1. The van der Waals surface area contributed by atoms with E-state index in [1.54, 1.807) is 12.4 Å².